The summed E-state index contributed by atoms with van der Waals surface area (Å²) in [6.07, 6.45) is 0. The van der Waals surface area contributed by atoms with Crippen molar-refractivity contribution in [1.29, 1.82) is 0 Å². The van der Waals surface area contributed by atoms with Crippen LogP contribution >= 0.6 is 0 Å². The lowest BCUT2D eigenvalue weighted by Gasteiger charge is -2.28. The Balaban J connectivity index is 1.03. The summed E-state index contributed by atoms with van der Waals surface area (Å²) in [6, 6.07) is 86.5. The van der Waals surface area contributed by atoms with Crippen LogP contribution in [0, 0.1) is 0 Å². The van der Waals surface area contributed by atoms with Gasteiger partial charge in [-0.2, -0.15) is 0 Å². The second-order valence-electron chi connectivity index (χ2n) is 16.9. The van der Waals surface area contributed by atoms with Gasteiger partial charge in [0.2, 0.25) is 0 Å². The Morgan fingerprint density at radius 2 is 0.790 bits per heavy atom. The van der Waals surface area contributed by atoms with Crippen LogP contribution in [0.5, 0.6) is 0 Å². The molecule has 0 spiro atoms. The summed E-state index contributed by atoms with van der Waals surface area (Å²) >= 11 is 0. The molecular formula is C61H45N. The third-order valence-corrected chi connectivity index (χ3v) is 12.9. The van der Waals surface area contributed by atoms with E-state index >= 15 is 0 Å². The van der Waals surface area contributed by atoms with Crippen LogP contribution in [0.3, 0.4) is 0 Å². The molecule has 1 nitrogen and oxygen atoms in total. The molecule has 294 valence electrons. The van der Waals surface area contributed by atoms with E-state index in [1.807, 2.05) is 0 Å². The van der Waals surface area contributed by atoms with E-state index in [2.05, 4.69) is 255 Å². The van der Waals surface area contributed by atoms with Crippen molar-refractivity contribution in [2.75, 3.05) is 4.90 Å². The summed E-state index contributed by atoms with van der Waals surface area (Å²) in [6.45, 7) is 4.76. The molecule has 0 bridgehead atoms. The predicted molar refractivity (Wildman–Crippen MR) is 263 cm³/mol. The van der Waals surface area contributed by atoms with Crippen LogP contribution in [0.2, 0.25) is 0 Å². The van der Waals surface area contributed by atoms with E-state index in [1.54, 1.807) is 0 Å². The Morgan fingerprint density at radius 1 is 0.306 bits per heavy atom. The largest absolute Gasteiger partial charge is 0.310 e. The molecule has 0 heterocycles. The second-order valence-corrected chi connectivity index (χ2v) is 16.9. The molecule has 0 saturated carbocycles. The fraction of sp³-hybridized carbons (Fsp3) is 0.0492. The number of anilines is 3. The zero-order valence-electron chi connectivity index (χ0n) is 35.0. The number of rotatable bonds is 8. The van der Waals surface area contributed by atoms with Crippen LogP contribution in [0.4, 0.5) is 17.1 Å². The first-order valence-corrected chi connectivity index (χ1v) is 21.6. The first-order valence-electron chi connectivity index (χ1n) is 21.6. The third-order valence-electron chi connectivity index (χ3n) is 12.9. The summed E-state index contributed by atoms with van der Waals surface area (Å²) in [7, 11) is 0. The first-order chi connectivity index (χ1) is 30.5. The molecule has 1 aliphatic carbocycles. The van der Waals surface area contributed by atoms with Gasteiger partial charge in [-0.3, -0.25) is 0 Å². The van der Waals surface area contributed by atoms with Crippen molar-refractivity contribution in [1.82, 2.24) is 0 Å². The number of nitrogens with zero attached hydrogens (tertiary/aromatic N) is 1. The lowest BCUT2D eigenvalue weighted by molar-refractivity contribution is 0.662. The molecule has 0 aromatic heterocycles. The highest BCUT2D eigenvalue weighted by molar-refractivity contribution is 5.98. The van der Waals surface area contributed by atoms with Gasteiger partial charge in [0.25, 0.3) is 0 Å². The van der Waals surface area contributed by atoms with E-state index in [9.17, 15) is 0 Å². The molecule has 0 unspecified atom stereocenters. The molecule has 10 aromatic rings. The standard InChI is InChI=1S/C61H45N/c1-61(2)58-29-13-11-25-54(58)55-27-16-28-56(60(55)61)57-41-47(35-40-52(57)43-17-5-3-6-18-43)42-31-36-48(37-32-42)62(59-30-14-12-24-53(59)45-19-7-4-8-20-45)49-38-33-46(34-39-49)51-26-15-22-44-21-9-10-23-50(44)51/h3-41H,1-2H3. The number of para-hydroxylation sites is 1. The average molecular weight is 792 g/mol. The van der Waals surface area contributed by atoms with Crippen molar-refractivity contribution >= 4 is 27.8 Å². The van der Waals surface area contributed by atoms with E-state index in [0.29, 0.717) is 0 Å². The highest BCUT2D eigenvalue weighted by Crippen LogP contribution is 2.53. The van der Waals surface area contributed by atoms with Crippen molar-refractivity contribution in [3.63, 3.8) is 0 Å². The smallest absolute Gasteiger partial charge is 0.0540 e. The van der Waals surface area contributed by atoms with Crippen LogP contribution in [0.1, 0.15) is 25.0 Å². The molecule has 0 saturated heterocycles. The first kappa shape index (κ1) is 37.3. The number of benzene rings is 10. The van der Waals surface area contributed by atoms with Crippen LogP contribution in [0.25, 0.3) is 77.5 Å². The second kappa shape index (κ2) is 15.4. The fourth-order valence-corrected chi connectivity index (χ4v) is 9.92. The molecule has 62 heavy (non-hydrogen) atoms. The van der Waals surface area contributed by atoms with Gasteiger partial charge in [-0.25, -0.2) is 0 Å². The minimum Gasteiger partial charge on any atom is -0.310 e. The number of hydrogen-bond donors (Lipinski definition) is 0. The molecule has 0 amide bonds. The van der Waals surface area contributed by atoms with Crippen LogP contribution in [-0.2, 0) is 5.41 Å². The van der Waals surface area contributed by atoms with E-state index in [0.717, 1.165) is 17.1 Å². The maximum absolute atomic E-state index is 2.42. The molecule has 1 aliphatic rings. The maximum Gasteiger partial charge on any atom is 0.0540 e. The minimum atomic E-state index is -0.138. The van der Waals surface area contributed by atoms with Gasteiger partial charge in [0, 0.05) is 22.4 Å². The summed E-state index contributed by atoms with van der Waals surface area (Å²) in [4.78, 5) is 2.40. The third kappa shape index (κ3) is 6.42. The van der Waals surface area contributed by atoms with Crippen LogP contribution in [-0.4, -0.2) is 0 Å². The summed E-state index contributed by atoms with van der Waals surface area (Å²) in [5.41, 5.74) is 20.8. The van der Waals surface area contributed by atoms with Gasteiger partial charge in [0.1, 0.15) is 0 Å². The van der Waals surface area contributed by atoms with Crippen molar-refractivity contribution in [2.45, 2.75) is 19.3 Å². The maximum atomic E-state index is 2.42. The Labute approximate surface area is 364 Å². The highest BCUT2D eigenvalue weighted by Gasteiger charge is 2.37. The molecule has 1 heteroatoms. The van der Waals surface area contributed by atoms with E-state index in [1.165, 1.54) is 88.7 Å². The molecule has 0 aliphatic heterocycles. The monoisotopic (exact) mass is 791 g/mol. The zero-order chi connectivity index (χ0) is 41.6. The summed E-state index contributed by atoms with van der Waals surface area (Å²) in [5.74, 6) is 0. The van der Waals surface area contributed by atoms with Gasteiger partial charge in [0.05, 0.1) is 5.69 Å². The molecule has 0 fully saturated rings. The van der Waals surface area contributed by atoms with Crippen molar-refractivity contribution in [3.05, 3.63) is 248 Å². The van der Waals surface area contributed by atoms with Gasteiger partial charge in [-0.15, -0.1) is 0 Å². The fourth-order valence-electron chi connectivity index (χ4n) is 9.92. The topological polar surface area (TPSA) is 3.24 Å². The Hall–Kier alpha value is -7.74. The van der Waals surface area contributed by atoms with Crippen LogP contribution < -0.4 is 4.90 Å². The SMILES string of the molecule is CC1(C)c2ccccc2-c2cccc(-c3cc(-c4ccc(N(c5ccc(-c6cccc7ccccc67)cc5)c5ccccc5-c5ccccc5)cc4)ccc3-c3ccccc3)c21. The molecule has 10 aromatic carbocycles. The molecule has 0 radical (unpaired) electrons. The van der Waals surface area contributed by atoms with E-state index < -0.39 is 0 Å². The Morgan fingerprint density at radius 3 is 1.52 bits per heavy atom. The normalized spacial score (nSPS) is 12.5. The quantitative estimate of drug-likeness (QED) is 0.148. The molecule has 0 N–H and O–H groups in total. The van der Waals surface area contributed by atoms with Crippen LogP contribution in [0.15, 0.2) is 237 Å². The highest BCUT2D eigenvalue weighted by atomic mass is 15.1. The summed E-state index contributed by atoms with van der Waals surface area (Å²) < 4.78 is 0. The minimum absolute atomic E-state index is 0.138. The van der Waals surface area contributed by atoms with Gasteiger partial charge >= 0.3 is 0 Å². The van der Waals surface area contributed by atoms with Gasteiger partial charge in [0.15, 0.2) is 0 Å². The number of fused-ring (bicyclic) bond motifs is 4. The molecule has 11 rings (SSSR count). The zero-order valence-corrected chi connectivity index (χ0v) is 35.0. The van der Waals surface area contributed by atoms with Gasteiger partial charge < -0.3 is 4.90 Å². The average Bonchev–Trinajstić information content (AvgIpc) is 3.58. The van der Waals surface area contributed by atoms with Gasteiger partial charge in [-0.1, -0.05) is 214 Å². The van der Waals surface area contributed by atoms with Crippen molar-refractivity contribution < 1.29 is 0 Å². The predicted octanol–water partition coefficient (Wildman–Crippen LogP) is 17.0. The van der Waals surface area contributed by atoms with Crippen molar-refractivity contribution in [2.24, 2.45) is 0 Å². The van der Waals surface area contributed by atoms with E-state index in [4.69, 9.17) is 0 Å². The lowest BCUT2D eigenvalue weighted by Crippen LogP contribution is -2.16. The summed E-state index contributed by atoms with van der Waals surface area (Å²) in [5, 5.41) is 2.51. The Kier molecular flexibility index (Phi) is 9.24. The molecule has 0 atom stereocenters. The van der Waals surface area contributed by atoms with Gasteiger partial charge in [-0.05, 0) is 119 Å². The molecular weight excluding hydrogens is 747 g/mol. The van der Waals surface area contributed by atoms with E-state index in [-0.39, 0.29) is 5.41 Å². The number of hydrogen-bond acceptors (Lipinski definition) is 1. The lowest BCUT2D eigenvalue weighted by atomic mass is 9.77. The Bertz CT molecular complexity index is 3230. The van der Waals surface area contributed by atoms with Crippen molar-refractivity contribution in [3.8, 4) is 66.8 Å².